The van der Waals surface area contributed by atoms with E-state index in [9.17, 15) is 0 Å². The molecule has 0 aliphatic heterocycles. The summed E-state index contributed by atoms with van der Waals surface area (Å²) in [6.07, 6.45) is 0. The molecule has 1 aromatic heterocycles. The molecule has 0 saturated heterocycles. The van der Waals surface area contributed by atoms with E-state index in [1.165, 1.54) is 16.7 Å². The highest BCUT2D eigenvalue weighted by molar-refractivity contribution is 7.09. The van der Waals surface area contributed by atoms with Crippen molar-refractivity contribution in [1.82, 2.24) is 10.4 Å². The van der Waals surface area contributed by atoms with Crippen LogP contribution in [-0.4, -0.2) is 4.98 Å². The molecule has 0 unspecified atom stereocenters. The molecule has 3 N–H and O–H groups in total. The Bertz CT molecular complexity index is 532. The van der Waals surface area contributed by atoms with Gasteiger partial charge in [0, 0.05) is 10.9 Å². The average molecular weight is 261 g/mol. The fourth-order valence-electron chi connectivity index (χ4n) is 1.88. The van der Waals surface area contributed by atoms with E-state index >= 15 is 0 Å². The van der Waals surface area contributed by atoms with Crippen LogP contribution < -0.4 is 11.3 Å². The summed E-state index contributed by atoms with van der Waals surface area (Å²) in [7, 11) is 0. The predicted octanol–water partition coefficient (Wildman–Crippen LogP) is 3.21. The van der Waals surface area contributed by atoms with Crippen LogP contribution in [0, 0.1) is 6.92 Å². The van der Waals surface area contributed by atoms with E-state index in [0.717, 1.165) is 10.7 Å². The van der Waals surface area contributed by atoms with Crippen LogP contribution in [0.2, 0.25) is 0 Å². The number of hydrogen-bond acceptors (Lipinski definition) is 4. The number of nitrogens with two attached hydrogens (primary N) is 1. The Morgan fingerprint density at radius 2 is 2.17 bits per heavy atom. The summed E-state index contributed by atoms with van der Waals surface area (Å²) < 4.78 is 0. The molecular formula is C14H19N3S. The molecule has 0 aliphatic rings. The van der Waals surface area contributed by atoms with Gasteiger partial charge >= 0.3 is 0 Å². The van der Waals surface area contributed by atoms with Gasteiger partial charge in [0.15, 0.2) is 0 Å². The Morgan fingerprint density at radius 3 is 2.83 bits per heavy atom. The summed E-state index contributed by atoms with van der Waals surface area (Å²) in [5.41, 5.74) is 7.52. The maximum atomic E-state index is 5.32. The monoisotopic (exact) mass is 261 g/mol. The van der Waals surface area contributed by atoms with Crippen molar-refractivity contribution in [3.63, 3.8) is 0 Å². The second-order valence-corrected chi connectivity index (χ2v) is 5.68. The van der Waals surface area contributed by atoms with Gasteiger partial charge in [0.05, 0.1) is 12.2 Å². The third kappa shape index (κ3) is 2.77. The Kier molecular flexibility index (Phi) is 4.11. The quantitative estimate of drug-likeness (QED) is 0.656. The van der Waals surface area contributed by atoms with Crippen LogP contribution in [0.15, 0.2) is 23.6 Å². The topological polar surface area (TPSA) is 50.9 Å². The molecule has 2 aromatic rings. The van der Waals surface area contributed by atoms with Crippen LogP contribution >= 0.6 is 11.3 Å². The molecule has 0 amide bonds. The first-order chi connectivity index (χ1) is 8.61. The van der Waals surface area contributed by atoms with Crippen LogP contribution in [0.5, 0.6) is 0 Å². The molecule has 0 spiro atoms. The molecule has 2 rings (SSSR count). The lowest BCUT2D eigenvalue weighted by Crippen LogP contribution is -2.20. The van der Waals surface area contributed by atoms with Gasteiger partial charge in [-0.25, -0.2) is 4.98 Å². The van der Waals surface area contributed by atoms with E-state index in [1.54, 1.807) is 11.3 Å². The number of aromatic nitrogens is 1. The summed E-state index contributed by atoms with van der Waals surface area (Å²) in [6.45, 7) is 7.16. The molecule has 18 heavy (non-hydrogen) atoms. The molecule has 0 fully saturated rings. The number of nitrogens with one attached hydrogen (secondary N) is 1. The highest BCUT2D eigenvalue weighted by atomic mass is 32.1. The Labute approximate surface area is 112 Å². The zero-order valence-corrected chi connectivity index (χ0v) is 11.8. The van der Waals surface area contributed by atoms with Gasteiger partial charge in [0.1, 0.15) is 5.01 Å². The van der Waals surface area contributed by atoms with E-state index in [4.69, 9.17) is 5.84 Å². The fourth-order valence-corrected chi connectivity index (χ4v) is 2.62. The van der Waals surface area contributed by atoms with Crippen molar-refractivity contribution >= 4 is 11.3 Å². The Hall–Kier alpha value is -1.23. The van der Waals surface area contributed by atoms with Gasteiger partial charge < -0.3 is 0 Å². The minimum atomic E-state index is 0.535. The molecule has 0 aliphatic carbocycles. The number of aryl methyl sites for hydroxylation is 1. The maximum Gasteiger partial charge on any atom is 0.108 e. The highest BCUT2D eigenvalue weighted by Crippen LogP contribution is 2.28. The SMILES string of the molecule is Cc1ccc(C(C)C)cc1-c1csc(CNN)n1. The first-order valence-electron chi connectivity index (χ1n) is 6.10. The summed E-state index contributed by atoms with van der Waals surface area (Å²) in [5, 5.41) is 3.11. The van der Waals surface area contributed by atoms with Crippen molar-refractivity contribution in [2.75, 3.05) is 0 Å². The van der Waals surface area contributed by atoms with Crippen molar-refractivity contribution in [1.29, 1.82) is 0 Å². The molecule has 3 nitrogen and oxygen atoms in total. The standard InChI is InChI=1S/C14H19N3S/c1-9(2)11-5-4-10(3)12(6-11)13-8-18-14(17-13)7-16-15/h4-6,8-9,16H,7,15H2,1-3H3. The van der Waals surface area contributed by atoms with Crippen LogP contribution in [0.3, 0.4) is 0 Å². The van der Waals surface area contributed by atoms with Crippen molar-refractivity contribution < 1.29 is 0 Å². The molecule has 1 heterocycles. The van der Waals surface area contributed by atoms with E-state index in [-0.39, 0.29) is 0 Å². The second kappa shape index (κ2) is 5.61. The fraction of sp³-hybridized carbons (Fsp3) is 0.357. The minimum Gasteiger partial charge on any atom is -0.271 e. The van der Waals surface area contributed by atoms with Gasteiger partial charge in [-0.05, 0) is 30.0 Å². The van der Waals surface area contributed by atoms with Crippen LogP contribution in [0.1, 0.15) is 35.9 Å². The third-order valence-corrected chi connectivity index (χ3v) is 3.86. The highest BCUT2D eigenvalue weighted by Gasteiger charge is 2.09. The summed E-state index contributed by atoms with van der Waals surface area (Å²) >= 11 is 1.64. The molecule has 0 saturated carbocycles. The lowest BCUT2D eigenvalue weighted by Gasteiger charge is -2.09. The molecule has 0 radical (unpaired) electrons. The summed E-state index contributed by atoms with van der Waals surface area (Å²) in [4.78, 5) is 4.61. The van der Waals surface area contributed by atoms with Crippen molar-refractivity contribution in [3.8, 4) is 11.3 Å². The van der Waals surface area contributed by atoms with Crippen LogP contribution in [0.4, 0.5) is 0 Å². The Balaban J connectivity index is 2.38. The lowest BCUT2D eigenvalue weighted by molar-refractivity contribution is 0.737. The second-order valence-electron chi connectivity index (χ2n) is 4.74. The predicted molar refractivity (Wildman–Crippen MR) is 77.4 cm³/mol. The van der Waals surface area contributed by atoms with Gasteiger partial charge in [-0.15, -0.1) is 11.3 Å². The van der Waals surface area contributed by atoms with Crippen molar-refractivity contribution in [2.24, 2.45) is 5.84 Å². The lowest BCUT2D eigenvalue weighted by atomic mass is 9.97. The first-order valence-corrected chi connectivity index (χ1v) is 6.98. The molecule has 1 aromatic carbocycles. The zero-order chi connectivity index (χ0) is 13.1. The van der Waals surface area contributed by atoms with Gasteiger partial charge in [-0.1, -0.05) is 26.0 Å². The van der Waals surface area contributed by atoms with Crippen LogP contribution in [-0.2, 0) is 6.54 Å². The Morgan fingerprint density at radius 1 is 1.39 bits per heavy atom. The molecule has 0 atom stereocenters. The van der Waals surface area contributed by atoms with Gasteiger partial charge in [0.2, 0.25) is 0 Å². The number of rotatable bonds is 4. The van der Waals surface area contributed by atoms with Crippen LogP contribution in [0.25, 0.3) is 11.3 Å². The molecule has 0 bridgehead atoms. The van der Waals surface area contributed by atoms with Crippen molar-refractivity contribution in [3.05, 3.63) is 39.7 Å². The minimum absolute atomic E-state index is 0.535. The third-order valence-electron chi connectivity index (χ3n) is 3.01. The van der Waals surface area contributed by atoms with Gasteiger partial charge in [-0.3, -0.25) is 11.3 Å². The molecular weight excluding hydrogens is 242 g/mol. The maximum absolute atomic E-state index is 5.32. The number of thiazole rings is 1. The van der Waals surface area contributed by atoms with E-state index < -0.39 is 0 Å². The summed E-state index contributed by atoms with van der Waals surface area (Å²) in [5.74, 6) is 5.85. The number of nitrogens with zero attached hydrogens (tertiary/aromatic N) is 1. The van der Waals surface area contributed by atoms with Crippen molar-refractivity contribution in [2.45, 2.75) is 33.2 Å². The largest absolute Gasteiger partial charge is 0.271 e. The van der Waals surface area contributed by atoms with E-state index in [2.05, 4.69) is 54.8 Å². The van der Waals surface area contributed by atoms with Gasteiger partial charge in [-0.2, -0.15) is 0 Å². The van der Waals surface area contributed by atoms with E-state index in [0.29, 0.717) is 12.5 Å². The number of hydrazine groups is 1. The molecule has 4 heteroatoms. The number of benzene rings is 1. The van der Waals surface area contributed by atoms with Gasteiger partial charge in [0.25, 0.3) is 0 Å². The summed E-state index contributed by atoms with van der Waals surface area (Å²) in [6, 6.07) is 6.61. The smallest absolute Gasteiger partial charge is 0.108 e. The zero-order valence-electron chi connectivity index (χ0n) is 11.0. The molecule has 96 valence electrons. The van der Waals surface area contributed by atoms with E-state index in [1.807, 2.05) is 0 Å². The first kappa shape index (κ1) is 13.2. The normalized spacial score (nSPS) is 11.2. The number of hydrogen-bond donors (Lipinski definition) is 2. The average Bonchev–Trinajstić information content (AvgIpc) is 2.78.